The van der Waals surface area contributed by atoms with Gasteiger partial charge in [-0.25, -0.2) is 0 Å². The zero-order chi connectivity index (χ0) is 10.6. The molecule has 0 aromatic carbocycles. The molecule has 82 valence electrons. The van der Waals surface area contributed by atoms with Crippen molar-refractivity contribution in [3.63, 3.8) is 0 Å². The molecule has 0 aliphatic carbocycles. The first-order valence-electron chi connectivity index (χ1n) is 4.99. The van der Waals surface area contributed by atoms with E-state index < -0.39 is 0 Å². The number of hydrogen-bond acceptors (Lipinski definition) is 3. The Morgan fingerprint density at radius 2 is 2.29 bits per heavy atom. The Morgan fingerprint density at radius 1 is 1.57 bits per heavy atom. The van der Waals surface area contributed by atoms with Crippen LogP contribution in [0.1, 0.15) is 13.3 Å². The summed E-state index contributed by atoms with van der Waals surface area (Å²) in [4.78, 5) is 13.5. The lowest BCUT2D eigenvalue weighted by molar-refractivity contribution is -0.140. The van der Waals surface area contributed by atoms with Gasteiger partial charge in [0.15, 0.2) is 0 Å². The summed E-state index contributed by atoms with van der Waals surface area (Å²) in [6.45, 7) is 4.16. The summed E-state index contributed by atoms with van der Waals surface area (Å²) < 4.78 is 10.1. The van der Waals surface area contributed by atoms with E-state index in [1.165, 1.54) is 0 Å². The SMILES string of the molecule is COCC1CCN(C(=O)C(C)OC)C1. The van der Waals surface area contributed by atoms with Crippen LogP contribution in [-0.4, -0.2) is 50.8 Å². The van der Waals surface area contributed by atoms with Crippen LogP contribution >= 0.6 is 0 Å². The van der Waals surface area contributed by atoms with E-state index >= 15 is 0 Å². The molecule has 1 fully saturated rings. The van der Waals surface area contributed by atoms with Gasteiger partial charge >= 0.3 is 0 Å². The van der Waals surface area contributed by atoms with Crippen molar-refractivity contribution in [2.24, 2.45) is 5.92 Å². The lowest BCUT2D eigenvalue weighted by Gasteiger charge is -2.19. The number of hydrogen-bond donors (Lipinski definition) is 0. The van der Waals surface area contributed by atoms with Crippen LogP contribution in [-0.2, 0) is 14.3 Å². The minimum absolute atomic E-state index is 0.0890. The Bertz CT molecular complexity index is 196. The normalized spacial score (nSPS) is 23.9. The number of carbonyl (C=O) groups excluding carboxylic acids is 1. The van der Waals surface area contributed by atoms with Crippen LogP contribution < -0.4 is 0 Å². The highest BCUT2D eigenvalue weighted by atomic mass is 16.5. The van der Waals surface area contributed by atoms with Crippen LogP contribution in [0, 0.1) is 5.92 Å². The van der Waals surface area contributed by atoms with E-state index in [-0.39, 0.29) is 12.0 Å². The van der Waals surface area contributed by atoms with Gasteiger partial charge in [0.25, 0.3) is 5.91 Å². The van der Waals surface area contributed by atoms with Gasteiger partial charge in [-0.15, -0.1) is 0 Å². The van der Waals surface area contributed by atoms with Crippen molar-refractivity contribution in [3.8, 4) is 0 Å². The van der Waals surface area contributed by atoms with Crippen molar-refractivity contribution in [2.75, 3.05) is 33.9 Å². The molecular formula is C10H19NO3. The van der Waals surface area contributed by atoms with Gasteiger partial charge in [0.2, 0.25) is 0 Å². The van der Waals surface area contributed by atoms with Gasteiger partial charge in [-0.1, -0.05) is 0 Å². The Kier molecular flexibility index (Phi) is 4.35. The maximum atomic E-state index is 11.7. The Labute approximate surface area is 85.2 Å². The summed E-state index contributed by atoms with van der Waals surface area (Å²) in [5, 5.41) is 0. The largest absolute Gasteiger partial charge is 0.384 e. The average Bonchev–Trinajstić information content (AvgIpc) is 2.64. The van der Waals surface area contributed by atoms with Crippen LogP contribution in [0.15, 0.2) is 0 Å². The smallest absolute Gasteiger partial charge is 0.251 e. The van der Waals surface area contributed by atoms with E-state index in [0.717, 1.165) is 26.1 Å². The second-order valence-electron chi connectivity index (χ2n) is 3.77. The molecule has 1 amide bonds. The third kappa shape index (κ3) is 2.69. The van der Waals surface area contributed by atoms with Gasteiger partial charge < -0.3 is 14.4 Å². The fourth-order valence-electron chi connectivity index (χ4n) is 1.76. The third-order valence-electron chi connectivity index (χ3n) is 2.70. The summed E-state index contributed by atoms with van der Waals surface area (Å²) in [7, 11) is 3.26. The second-order valence-corrected chi connectivity index (χ2v) is 3.77. The Balaban J connectivity index is 2.37. The van der Waals surface area contributed by atoms with Crippen molar-refractivity contribution in [3.05, 3.63) is 0 Å². The van der Waals surface area contributed by atoms with Crippen LogP contribution in [0.4, 0.5) is 0 Å². The quantitative estimate of drug-likeness (QED) is 0.665. The lowest BCUT2D eigenvalue weighted by Crippen LogP contribution is -2.37. The highest BCUT2D eigenvalue weighted by Crippen LogP contribution is 2.17. The van der Waals surface area contributed by atoms with Crippen molar-refractivity contribution in [2.45, 2.75) is 19.4 Å². The molecule has 0 N–H and O–H groups in total. The highest BCUT2D eigenvalue weighted by Gasteiger charge is 2.28. The van der Waals surface area contributed by atoms with E-state index in [1.54, 1.807) is 21.1 Å². The molecule has 4 nitrogen and oxygen atoms in total. The van der Waals surface area contributed by atoms with E-state index in [0.29, 0.717) is 5.92 Å². The van der Waals surface area contributed by atoms with Gasteiger partial charge in [0, 0.05) is 33.2 Å². The van der Waals surface area contributed by atoms with Gasteiger partial charge in [0.05, 0.1) is 6.61 Å². The zero-order valence-corrected chi connectivity index (χ0v) is 9.16. The zero-order valence-electron chi connectivity index (χ0n) is 9.16. The molecular weight excluding hydrogens is 182 g/mol. The van der Waals surface area contributed by atoms with Crippen molar-refractivity contribution >= 4 is 5.91 Å². The number of carbonyl (C=O) groups is 1. The highest BCUT2D eigenvalue weighted by molar-refractivity contribution is 5.80. The number of nitrogens with zero attached hydrogens (tertiary/aromatic N) is 1. The number of likely N-dealkylation sites (tertiary alicyclic amines) is 1. The molecule has 0 spiro atoms. The predicted molar refractivity (Wildman–Crippen MR) is 53.0 cm³/mol. The molecule has 2 unspecified atom stereocenters. The standard InChI is InChI=1S/C10H19NO3/c1-8(14-3)10(12)11-5-4-9(6-11)7-13-2/h8-9H,4-7H2,1-3H3. The summed E-state index contributed by atoms with van der Waals surface area (Å²) >= 11 is 0. The van der Waals surface area contributed by atoms with E-state index in [2.05, 4.69) is 0 Å². The van der Waals surface area contributed by atoms with Crippen molar-refractivity contribution < 1.29 is 14.3 Å². The van der Waals surface area contributed by atoms with Gasteiger partial charge in [-0.2, -0.15) is 0 Å². The van der Waals surface area contributed by atoms with Crippen LogP contribution in [0.3, 0.4) is 0 Å². The van der Waals surface area contributed by atoms with Crippen LogP contribution in [0.2, 0.25) is 0 Å². The number of methoxy groups -OCH3 is 2. The topological polar surface area (TPSA) is 38.8 Å². The summed E-state index contributed by atoms with van der Waals surface area (Å²) in [6.07, 6.45) is 0.715. The maximum Gasteiger partial charge on any atom is 0.251 e. The molecule has 0 radical (unpaired) electrons. The molecule has 1 heterocycles. The first kappa shape index (κ1) is 11.5. The molecule has 4 heteroatoms. The summed E-state index contributed by atoms with van der Waals surface area (Å²) in [6, 6.07) is 0. The van der Waals surface area contributed by atoms with Crippen LogP contribution in [0.5, 0.6) is 0 Å². The molecule has 1 aliphatic rings. The minimum Gasteiger partial charge on any atom is -0.384 e. The van der Waals surface area contributed by atoms with Crippen LogP contribution in [0.25, 0.3) is 0 Å². The lowest BCUT2D eigenvalue weighted by atomic mass is 10.1. The molecule has 0 aromatic rings. The van der Waals surface area contributed by atoms with Crippen molar-refractivity contribution in [1.29, 1.82) is 0 Å². The molecule has 0 saturated carbocycles. The fraction of sp³-hybridized carbons (Fsp3) is 0.900. The average molecular weight is 201 g/mol. The first-order valence-corrected chi connectivity index (χ1v) is 4.99. The van der Waals surface area contributed by atoms with E-state index in [1.807, 2.05) is 4.90 Å². The summed E-state index contributed by atoms with van der Waals surface area (Å²) in [5.41, 5.74) is 0. The van der Waals surface area contributed by atoms with Gasteiger partial charge in [0.1, 0.15) is 6.10 Å². The predicted octanol–water partition coefficient (Wildman–Crippen LogP) is 0.516. The van der Waals surface area contributed by atoms with Gasteiger partial charge in [-0.05, 0) is 13.3 Å². The molecule has 1 rings (SSSR count). The molecule has 0 bridgehead atoms. The monoisotopic (exact) mass is 201 g/mol. The minimum atomic E-state index is -0.323. The maximum absolute atomic E-state index is 11.7. The Morgan fingerprint density at radius 3 is 2.86 bits per heavy atom. The fourth-order valence-corrected chi connectivity index (χ4v) is 1.76. The van der Waals surface area contributed by atoms with Crippen molar-refractivity contribution in [1.82, 2.24) is 4.90 Å². The molecule has 1 aliphatic heterocycles. The van der Waals surface area contributed by atoms with Gasteiger partial charge in [-0.3, -0.25) is 4.79 Å². The third-order valence-corrected chi connectivity index (χ3v) is 2.70. The number of ether oxygens (including phenoxy) is 2. The first-order chi connectivity index (χ1) is 6.69. The molecule has 2 atom stereocenters. The molecule has 0 aromatic heterocycles. The molecule has 14 heavy (non-hydrogen) atoms. The van der Waals surface area contributed by atoms with E-state index in [9.17, 15) is 4.79 Å². The van der Waals surface area contributed by atoms with E-state index in [4.69, 9.17) is 9.47 Å². The molecule has 1 saturated heterocycles. The number of amides is 1. The number of rotatable bonds is 4. The Hall–Kier alpha value is -0.610. The summed E-state index contributed by atoms with van der Waals surface area (Å²) in [5.74, 6) is 0.583. The second kappa shape index (κ2) is 5.32.